The highest BCUT2D eigenvalue weighted by molar-refractivity contribution is 5.85. The number of carbonyl (C=O) groups excluding carboxylic acids is 1. The van der Waals surface area contributed by atoms with Gasteiger partial charge < -0.3 is 11.1 Å². The lowest BCUT2D eigenvalue weighted by atomic mass is 9.74. The molecule has 0 aromatic carbocycles. The van der Waals surface area contributed by atoms with Crippen molar-refractivity contribution in [2.45, 2.75) is 76.8 Å². The quantitative estimate of drug-likeness (QED) is 0.784. The molecular formula is C17H35Cl2N3O. The fourth-order valence-electron chi connectivity index (χ4n) is 4.05. The Labute approximate surface area is 154 Å². The van der Waals surface area contributed by atoms with Crippen LogP contribution in [0.1, 0.15) is 65.2 Å². The van der Waals surface area contributed by atoms with Gasteiger partial charge in [0.05, 0.1) is 5.92 Å². The van der Waals surface area contributed by atoms with E-state index in [0.717, 1.165) is 38.8 Å². The summed E-state index contributed by atoms with van der Waals surface area (Å²) in [4.78, 5) is 14.9. The lowest BCUT2D eigenvalue weighted by Crippen LogP contribution is -2.53. The van der Waals surface area contributed by atoms with Crippen LogP contribution in [-0.2, 0) is 4.79 Å². The van der Waals surface area contributed by atoms with E-state index in [0.29, 0.717) is 6.04 Å². The van der Waals surface area contributed by atoms with E-state index in [2.05, 4.69) is 17.1 Å². The summed E-state index contributed by atoms with van der Waals surface area (Å²) in [5.41, 5.74) is 5.99. The Morgan fingerprint density at radius 3 is 2.57 bits per heavy atom. The zero-order chi connectivity index (χ0) is 15.3. The smallest absolute Gasteiger partial charge is 0.225 e. The number of amides is 1. The van der Waals surface area contributed by atoms with Gasteiger partial charge in [0.1, 0.15) is 0 Å². The second-order valence-electron chi connectivity index (χ2n) is 7.19. The van der Waals surface area contributed by atoms with E-state index < -0.39 is 0 Å². The molecule has 3 N–H and O–H groups in total. The number of nitrogens with two attached hydrogens (primary N) is 1. The molecule has 1 saturated carbocycles. The maximum absolute atomic E-state index is 12.4. The van der Waals surface area contributed by atoms with E-state index >= 15 is 0 Å². The molecule has 2 fully saturated rings. The molecule has 0 bridgehead atoms. The second-order valence-corrected chi connectivity index (χ2v) is 7.19. The van der Waals surface area contributed by atoms with Crippen molar-refractivity contribution in [3.63, 3.8) is 0 Å². The van der Waals surface area contributed by atoms with Crippen LogP contribution in [0.5, 0.6) is 0 Å². The summed E-state index contributed by atoms with van der Waals surface area (Å²) in [5.74, 6) is 0.166. The summed E-state index contributed by atoms with van der Waals surface area (Å²) in [6.07, 6.45) is 9.39. The normalized spacial score (nSPS) is 31.6. The standard InChI is InChI=1S/C17H33N3O.2ClH/c1-3-14-8-5-7-12-20(14)13-11-19-16(21)15-9-4-6-10-17(15,2)18;;/h14-15H,3-13,18H2,1-2H3,(H,19,21);2*1H. The Morgan fingerprint density at radius 1 is 1.22 bits per heavy atom. The topological polar surface area (TPSA) is 58.4 Å². The highest BCUT2D eigenvalue weighted by Gasteiger charge is 2.37. The Balaban J connectivity index is 0.00000242. The molecule has 1 heterocycles. The van der Waals surface area contributed by atoms with Gasteiger partial charge in [-0.05, 0) is 45.6 Å². The lowest BCUT2D eigenvalue weighted by Gasteiger charge is -2.38. The van der Waals surface area contributed by atoms with Gasteiger partial charge in [-0.2, -0.15) is 0 Å². The second kappa shape index (κ2) is 10.8. The van der Waals surface area contributed by atoms with Crippen molar-refractivity contribution in [2.24, 2.45) is 11.7 Å². The highest BCUT2D eigenvalue weighted by Crippen LogP contribution is 2.31. The molecule has 3 unspecified atom stereocenters. The monoisotopic (exact) mass is 367 g/mol. The summed E-state index contributed by atoms with van der Waals surface area (Å²) in [6.45, 7) is 7.24. The summed E-state index contributed by atoms with van der Waals surface area (Å²) in [6, 6.07) is 0.713. The van der Waals surface area contributed by atoms with E-state index in [-0.39, 0.29) is 42.2 Å². The Morgan fingerprint density at radius 2 is 1.91 bits per heavy atom. The number of halogens is 2. The number of hydrogen-bond donors (Lipinski definition) is 2. The van der Waals surface area contributed by atoms with E-state index in [9.17, 15) is 4.79 Å². The molecule has 23 heavy (non-hydrogen) atoms. The first-order chi connectivity index (χ1) is 10.0. The molecule has 4 nitrogen and oxygen atoms in total. The van der Waals surface area contributed by atoms with Gasteiger partial charge in [0.2, 0.25) is 5.91 Å². The first kappa shape index (κ1) is 23.0. The van der Waals surface area contributed by atoms with Crippen LogP contribution in [0.4, 0.5) is 0 Å². The fourth-order valence-corrected chi connectivity index (χ4v) is 4.05. The Kier molecular flexibility index (Phi) is 10.7. The number of hydrogen-bond acceptors (Lipinski definition) is 3. The molecule has 1 aliphatic carbocycles. The predicted molar refractivity (Wildman–Crippen MR) is 102 cm³/mol. The van der Waals surface area contributed by atoms with Gasteiger partial charge >= 0.3 is 0 Å². The van der Waals surface area contributed by atoms with Gasteiger partial charge in [-0.15, -0.1) is 24.8 Å². The van der Waals surface area contributed by atoms with Crippen LogP contribution in [0.15, 0.2) is 0 Å². The lowest BCUT2D eigenvalue weighted by molar-refractivity contribution is -0.128. The van der Waals surface area contributed by atoms with E-state index in [1.807, 2.05) is 6.92 Å². The minimum Gasteiger partial charge on any atom is -0.355 e. The Bertz CT molecular complexity index is 353. The third kappa shape index (κ3) is 6.41. The van der Waals surface area contributed by atoms with Crippen molar-refractivity contribution in [1.29, 1.82) is 0 Å². The molecule has 0 aromatic heterocycles. The highest BCUT2D eigenvalue weighted by atomic mass is 35.5. The van der Waals surface area contributed by atoms with Crippen molar-refractivity contribution < 1.29 is 4.79 Å². The number of likely N-dealkylation sites (tertiary alicyclic amines) is 1. The molecule has 0 radical (unpaired) electrons. The van der Waals surface area contributed by atoms with Crippen molar-refractivity contribution >= 4 is 30.7 Å². The fraction of sp³-hybridized carbons (Fsp3) is 0.941. The van der Waals surface area contributed by atoms with Crippen LogP contribution in [0, 0.1) is 5.92 Å². The maximum Gasteiger partial charge on any atom is 0.225 e. The predicted octanol–water partition coefficient (Wildman–Crippen LogP) is 3.12. The van der Waals surface area contributed by atoms with Crippen LogP contribution >= 0.6 is 24.8 Å². The van der Waals surface area contributed by atoms with Gasteiger partial charge in [0.15, 0.2) is 0 Å². The zero-order valence-corrected chi connectivity index (χ0v) is 16.3. The number of carbonyl (C=O) groups is 1. The van der Waals surface area contributed by atoms with Crippen molar-refractivity contribution in [2.75, 3.05) is 19.6 Å². The number of rotatable bonds is 5. The largest absolute Gasteiger partial charge is 0.355 e. The van der Waals surface area contributed by atoms with Crippen molar-refractivity contribution in [3.8, 4) is 0 Å². The molecule has 0 aromatic rings. The van der Waals surface area contributed by atoms with E-state index in [1.54, 1.807) is 0 Å². The average molecular weight is 368 g/mol. The summed E-state index contributed by atoms with van der Waals surface area (Å²) in [7, 11) is 0. The number of nitrogens with one attached hydrogen (secondary N) is 1. The molecule has 138 valence electrons. The van der Waals surface area contributed by atoms with Crippen molar-refractivity contribution in [3.05, 3.63) is 0 Å². The van der Waals surface area contributed by atoms with Gasteiger partial charge in [-0.25, -0.2) is 0 Å². The molecule has 0 spiro atoms. The third-order valence-electron chi connectivity index (χ3n) is 5.49. The van der Waals surface area contributed by atoms with Gasteiger partial charge in [0, 0.05) is 24.7 Å². The molecule has 2 aliphatic rings. The SMILES string of the molecule is CCC1CCCCN1CCNC(=O)C1CCCCC1(C)N.Cl.Cl. The average Bonchev–Trinajstić information content (AvgIpc) is 2.47. The molecule has 1 amide bonds. The van der Waals surface area contributed by atoms with Crippen LogP contribution in [0.25, 0.3) is 0 Å². The van der Waals surface area contributed by atoms with Gasteiger partial charge in [-0.3, -0.25) is 9.69 Å². The first-order valence-corrected chi connectivity index (χ1v) is 8.85. The summed E-state index contributed by atoms with van der Waals surface area (Å²) in [5, 5.41) is 3.14. The molecule has 6 heteroatoms. The Hall–Kier alpha value is -0.0300. The minimum atomic E-state index is -0.320. The van der Waals surface area contributed by atoms with Crippen molar-refractivity contribution in [1.82, 2.24) is 10.2 Å². The van der Waals surface area contributed by atoms with Gasteiger partial charge in [-0.1, -0.05) is 26.2 Å². The molecular weight excluding hydrogens is 333 g/mol. The molecule has 1 saturated heterocycles. The van der Waals surface area contributed by atoms with Crippen LogP contribution in [0.2, 0.25) is 0 Å². The zero-order valence-electron chi connectivity index (χ0n) is 14.7. The number of piperidine rings is 1. The molecule has 3 atom stereocenters. The van der Waals surface area contributed by atoms with Crippen LogP contribution in [-0.4, -0.2) is 42.0 Å². The van der Waals surface area contributed by atoms with Crippen LogP contribution in [0.3, 0.4) is 0 Å². The third-order valence-corrected chi connectivity index (χ3v) is 5.49. The van der Waals surface area contributed by atoms with E-state index in [4.69, 9.17) is 5.73 Å². The number of nitrogens with zero attached hydrogens (tertiary/aromatic N) is 1. The maximum atomic E-state index is 12.4. The molecule has 2 rings (SSSR count). The summed E-state index contributed by atoms with van der Waals surface area (Å²) < 4.78 is 0. The minimum absolute atomic E-state index is 0. The summed E-state index contributed by atoms with van der Waals surface area (Å²) >= 11 is 0. The van der Waals surface area contributed by atoms with Gasteiger partial charge in [0.25, 0.3) is 0 Å². The van der Waals surface area contributed by atoms with E-state index in [1.165, 1.54) is 32.2 Å². The molecule has 1 aliphatic heterocycles. The van der Waals surface area contributed by atoms with Crippen LogP contribution < -0.4 is 11.1 Å². The first-order valence-electron chi connectivity index (χ1n) is 8.85.